The van der Waals surface area contributed by atoms with Gasteiger partial charge < -0.3 is 9.64 Å². The van der Waals surface area contributed by atoms with E-state index in [9.17, 15) is 9.18 Å². The fourth-order valence-corrected chi connectivity index (χ4v) is 2.79. The molecular weight excluding hydrogens is 271 g/mol. The Hall–Kier alpha value is -1.62. The third-order valence-electron chi connectivity index (χ3n) is 3.95. The highest BCUT2D eigenvalue weighted by Gasteiger charge is 2.34. The van der Waals surface area contributed by atoms with Gasteiger partial charge in [-0.1, -0.05) is 25.8 Å². The quantitative estimate of drug-likeness (QED) is 0.877. The average Bonchev–Trinajstić information content (AvgIpc) is 2.86. The molecule has 0 aliphatic carbocycles. The Kier molecular flexibility index (Phi) is 5.17. The third-order valence-corrected chi connectivity index (χ3v) is 3.95. The molecule has 2 unspecified atom stereocenters. The van der Waals surface area contributed by atoms with Gasteiger partial charge in [0.1, 0.15) is 6.17 Å². The number of hydrogen-bond donors (Lipinski definition) is 1. The van der Waals surface area contributed by atoms with Gasteiger partial charge in [-0.2, -0.15) is 0 Å². The van der Waals surface area contributed by atoms with E-state index >= 15 is 0 Å². The molecule has 0 spiro atoms. The van der Waals surface area contributed by atoms with Crippen molar-refractivity contribution in [1.29, 1.82) is 0 Å². The molecule has 1 fully saturated rings. The average molecular weight is 294 g/mol. The van der Waals surface area contributed by atoms with Crippen LogP contribution in [0.15, 0.2) is 18.2 Å². The molecule has 1 aromatic carbocycles. The Labute approximate surface area is 125 Å². The van der Waals surface area contributed by atoms with Crippen LogP contribution in [0.1, 0.15) is 44.8 Å². The molecule has 0 bridgehead atoms. The van der Waals surface area contributed by atoms with E-state index in [0.717, 1.165) is 24.8 Å². The summed E-state index contributed by atoms with van der Waals surface area (Å²) in [5.41, 5.74) is 0.752. The molecule has 0 radical (unpaired) electrons. The molecular formula is C16H23FN2O2. The van der Waals surface area contributed by atoms with Crippen molar-refractivity contribution < 1.29 is 13.9 Å². The second kappa shape index (κ2) is 6.89. The second-order valence-electron chi connectivity index (χ2n) is 5.47. The number of carbonyl (C=O) groups is 1. The topological polar surface area (TPSA) is 41.6 Å². The Balaban J connectivity index is 2.20. The minimum atomic E-state index is -0.405. The van der Waals surface area contributed by atoms with Crippen LogP contribution in [0.5, 0.6) is 5.75 Å². The molecule has 2 rings (SSSR count). The standard InChI is InChI=1S/C16H23FN2O2/c1-4-5-6-11(2)19-15(20)10-18-16(19)12-7-8-14(21-3)13(17)9-12/h7-9,11,16,18H,4-6,10H2,1-3H3. The second-order valence-corrected chi connectivity index (χ2v) is 5.47. The summed E-state index contributed by atoms with van der Waals surface area (Å²) in [6.45, 7) is 4.48. The van der Waals surface area contributed by atoms with Gasteiger partial charge in [-0.15, -0.1) is 0 Å². The first kappa shape index (κ1) is 15.8. The van der Waals surface area contributed by atoms with Crippen LogP contribution < -0.4 is 10.1 Å². The molecule has 116 valence electrons. The van der Waals surface area contributed by atoms with Crippen molar-refractivity contribution in [2.24, 2.45) is 0 Å². The minimum Gasteiger partial charge on any atom is -0.494 e. The van der Waals surface area contributed by atoms with Gasteiger partial charge in [0.05, 0.1) is 13.7 Å². The number of benzene rings is 1. The molecule has 1 aliphatic heterocycles. The first-order valence-corrected chi connectivity index (χ1v) is 7.46. The van der Waals surface area contributed by atoms with E-state index < -0.39 is 5.82 Å². The molecule has 1 N–H and O–H groups in total. The number of nitrogens with one attached hydrogen (secondary N) is 1. The van der Waals surface area contributed by atoms with Crippen molar-refractivity contribution in [2.75, 3.05) is 13.7 Å². The Morgan fingerprint density at radius 3 is 2.90 bits per heavy atom. The lowest BCUT2D eigenvalue weighted by molar-refractivity contribution is -0.130. The highest BCUT2D eigenvalue weighted by Crippen LogP contribution is 2.29. The molecule has 1 saturated heterocycles. The molecule has 2 atom stereocenters. The van der Waals surface area contributed by atoms with Gasteiger partial charge in [0, 0.05) is 6.04 Å². The predicted molar refractivity (Wildman–Crippen MR) is 79.5 cm³/mol. The largest absolute Gasteiger partial charge is 0.494 e. The zero-order chi connectivity index (χ0) is 15.4. The first-order valence-electron chi connectivity index (χ1n) is 7.46. The number of carbonyl (C=O) groups excluding carboxylic acids is 1. The molecule has 1 amide bonds. The number of rotatable bonds is 6. The number of methoxy groups -OCH3 is 1. The number of ether oxygens (including phenoxy) is 1. The molecule has 4 nitrogen and oxygen atoms in total. The van der Waals surface area contributed by atoms with Crippen LogP contribution >= 0.6 is 0 Å². The van der Waals surface area contributed by atoms with Crippen molar-refractivity contribution in [3.05, 3.63) is 29.6 Å². The molecule has 0 saturated carbocycles. The van der Waals surface area contributed by atoms with Crippen LogP contribution in [-0.2, 0) is 4.79 Å². The molecule has 21 heavy (non-hydrogen) atoms. The normalized spacial score (nSPS) is 19.9. The van der Waals surface area contributed by atoms with Crippen LogP contribution in [0, 0.1) is 5.82 Å². The lowest BCUT2D eigenvalue weighted by Gasteiger charge is -2.31. The van der Waals surface area contributed by atoms with Crippen molar-refractivity contribution in [2.45, 2.75) is 45.3 Å². The maximum atomic E-state index is 13.9. The fourth-order valence-electron chi connectivity index (χ4n) is 2.79. The van der Waals surface area contributed by atoms with E-state index in [-0.39, 0.29) is 23.9 Å². The lowest BCUT2D eigenvalue weighted by Crippen LogP contribution is -2.37. The van der Waals surface area contributed by atoms with Crippen molar-refractivity contribution in [1.82, 2.24) is 10.2 Å². The van der Waals surface area contributed by atoms with Crippen LogP contribution in [0.4, 0.5) is 4.39 Å². The van der Waals surface area contributed by atoms with Crippen molar-refractivity contribution in [3.63, 3.8) is 0 Å². The summed E-state index contributed by atoms with van der Waals surface area (Å²) >= 11 is 0. The van der Waals surface area contributed by atoms with E-state index in [1.165, 1.54) is 13.2 Å². The van der Waals surface area contributed by atoms with Gasteiger partial charge in [0.25, 0.3) is 0 Å². The minimum absolute atomic E-state index is 0.0693. The molecule has 1 aliphatic rings. The summed E-state index contributed by atoms with van der Waals surface area (Å²) in [7, 11) is 1.44. The van der Waals surface area contributed by atoms with E-state index in [1.54, 1.807) is 12.1 Å². The monoisotopic (exact) mass is 294 g/mol. The zero-order valence-electron chi connectivity index (χ0n) is 12.9. The van der Waals surface area contributed by atoms with Gasteiger partial charge in [-0.3, -0.25) is 10.1 Å². The Morgan fingerprint density at radius 2 is 2.29 bits per heavy atom. The smallest absolute Gasteiger partial charge is 0.238 e. The third kappa shape index (κ3) is 3.35. The molecule has 0 aromatic heterocycles. The fraction of sp³-hybridized carbons (Fsp3) is 0.562. The number of hydrogen-bond acceptors (Lipinski definition) is 3. The highest BCUT2D eigenvalue weighted by molar-refractivity contribution is 5.81. The van der Waals surface area contributed by atoms with Gasteiger partial charge in [-0.25, -0.2) is 4.39 Å². The summed E-state index contributed by atoms with van der Waals surface area (Å²) in [5.74, 6) is -0.120. The summed E-state index contributed by atoms with van der Waals surface area (Å²) < 4.78 is 18.8. The maximum absolute atomic E-state index is 13.9. The van der Waals surface area contributed by atoms with E-state index in [1.807, 2.05) is 11.8 Å². The zero-order valence-corrected chi connectivity index (χ0v) is 12.9. The van der Waals surface area contributed by atoms with Crippen LogP contribution in [-0.4, -0.2) is 30.5 Å². The van der Waals surface area contributed by atoms with E-state index in [4.69, 9.17) is 4.74 Å². The van der Waals surface area contributed by atoms with Crippen molar-refractivity contribution in [3.8, 4) is 5.75 Å². The molecule has 1 heterocycles. The summed E-state index contributed by atoms with van der Waals surface area (Å²) in [5, 5.41) is 3.16. The van der Waals surface area contributed by atoms with E-state index in [0.29, 0.717) is 6.54 Å². The van der Waals surface area contributed by atoms with Crippen molar-refractivity contribution >= 4 is 5.91 Å². The summed E-state index contributed by atoms with van der Waals surface area (Å²) in [6.07, 6.45) is 2.87. The lowest BCUT2D eigenvalue weighted by atomic mass is 10.1. The van der Waals surface area contributed by atoms with Gasteiger partial charge in [-0.05, 0) is 31.0 Å². The first-order chi connectivity index (χ1) is 10.1. The predicted octanol–water partition coefficient (Wildman–Crippen LogP) is 2.84. The number of nitrogens with zero attached hydrogens (tertiary/aromatic N) is 1. The van der Waals surface area contributed by atoms with Gasteiger partial charge in [0.2, 0.25) is 5.91 Å². The summed E-state index contributed by atoms with van der Waals surface area (Å²) in [4.78, 5) is 13.9. The maximum Gasteiger partial charge on any atom is 0.238 e. The SMILES string of the molecule is CCCCC(C)N1C(=O)CNC1c1ccc(OC)c(F)c1. The highest BCUT2D eigenvalue weighted by atomic mass is 19.1. The van der Waals surface area contributed by atoms with Crippen LogP contribution in [0.3, 0.4) is 0 Å². The number of halogens is 1. The molecule has 5 heteroatoms. The van der Waals surface area contributed by atoms with Gasteiger partial charge in [0.15, 0.2) is 11.6 Å². The Morgan fingerprint density at radius 1 is 1.52 bits per heavy atom. The molecule has 1 aromatic rings. The van der Waals surface area contributed by atoms with E-state index in [2.05, 4.69) is 12.2 Å². The number of unbranched alkanes of at least 4 members (excludes halogenated alkanes) is 1. The Bertz CT molecular complexity index is 507. The van der Waals surface area contributed by atoms with Gasteiger partial charge >= 0.3 is 0 Å². The summed E-state index contributed by atoms with van der Waals surface area (Å²) in [6, 6.07) is 4.98. The van der Waals surface area contributed by atoms with Crippen LogP contribution in [0.2, 0.25) is 0 Å². The van der Waals surface area contributed by atoms with Crippen LogP contribution in [0.25, 0.3) is 0 Å². The number of amides is 1.